The number of para-hydroxylation sites is 2. The van der Waals surface area contributed by atoms with Gasteiger partial charge >= 0.3 is 0 Å². The van der Waals surface area contributed by atoms with E-state index in [1.54, 1.807) is 0 Å². The molecule has 30 heavy (non-hydrogen) atoms. The van der Waals surface area contributed by atoms with Crippen molar-refractivity contribution in [1.82, 2.24) is 24.6 Å². The molecule has 6 nitrogen and oxygen atoms in total. The molecule has 0 aliphatic carbocycles. The van der Waals surface area contributed by atoms with E-state index in [2.05, 4.69) is 33.0 Å². The Hall–Kier alpha value is -3.12. The molecule has 0 fully saturated rings. The highest BCUT2D eigenvalue weighted by Crippen LogP contribution is 2.20. The Kier molecular flexibility index (Phi) is 5.59. The molecular formula is C23H24ClN5O. The molecule has 0 saturated carbocycles. The van der Waals surface area contributed by atoms with Crippen LogP contribution in [0.2, 0.25) is 5.02 Å². The molecule has 2 aromatic heterocycles. The number of benzene rings is 2. The summed E-state index contributed by atoms with van der Waals surface area (Å²) < 4.78 is 3.98. The fraction of sp³-hybridized carbons (Fsp3) is 0.261. The lowest BCUT2D eigenvalue weighted by molar-refractivity contribution is -0.120. The lowest BCUT2D eigenvalue weighted by Gasteiger charge is -2.08. The van der Waals surface area contributed by atoms with E-state index in [1.807, 2.05) is 61.0 Å². The van der Waals surface area contributed by atoms with Crippen LogP contribution in [0.15, 0.2) is 48.5 Å². The van der Waals surface area contributed by atoms with Gasteiger partial charge < -0.3 is 9.88 Å². The Balaban J connectivity index is 1.49. The molecule has 0 unspecified atom stereocenters. The number of halogens is 1. The monoisotopic (exact) mass is 421 g/mol. The summed E-state index contributed by atoms with van der Waals surface area (Å²) in [5.41, 5.74) is 5.68. The molecule has 4 rings (SSSR count). The van der Waals surface area contributed by atoms with Crippen molar-refractivity contribution in [2.24, 2.45) is 0 Å². The normalized spacial score (nSPS) is 11.2. The molecule has 2 heterocycles. The van der Waals surface area contributed by atoms with Gasteiger partial charge in [0.15, 0.2) is 0 Å². The molecule has 154 valence electrons. The molecule has 1 N–H and O–H groups in total. The molecule has 7 heteroatoms. The van der Waals surface area contributed by atoms with E-state index in [-0.39, 0.29) is 12.3 Å². The Labute approximate surface area is 180 Å². The number of fused-ring (bicyclic) bond motifs is 1. The van der Waals surface area contributed by atoms with Crippen molar-refractivity contribution in [3.05, 3.63) is 76.3 Å². The number of hydrogen-bond donors (Lipinski definition) is 1. The number of nitrogens with zero attached hydrogens (tertiary/aromatic N) is 4. The van der Waals surface area contributed by atoms with Crippen LogP contribution in [0.3, 0.4) is 0 Å². The summed E-state index contributed by atoms with van der Waals surface area (Å²) in [7, 11) is 0. The van der Waals surface area contributed by atoms with Crippen molar-refractivity contribution in [3.63, 3.8) is 0 Å². The summed E-state index contributed by atoms with van der Waals surface area (Å²) in [5.74, 6) is 0.809. The second kappa shape index (κ2) is 8.32. The fourth-order valence-corrected chi connectivity index (χ4v) is 3.90. The van der Waals surface area contributed by atoms with Crippen LogP contribution in [0.25, 0.3) is 16.7 Å². The van der Waals surface area contributed by atoms with Gasteiger partial charge in [0.1, 0.15) is 5.82 Å². The zero-order valence-electron chi connectivity index (χ0n) is 17.3. The molecule has 2 aromatic carbocycles. The van der Waals surface area contributed by atoms with Gasteiger partial charge in [-0.25, -0.2) is 9.67 Å². The first-order valence-electron chi connectivity index (χ1n) is 9.99. The average molecular weight is 422 g/mol. The number of aryl methyl sites for hydroxylation is 2. The lowest BCUT2D eigenvalue weighted by Crippen LogP contribution is -2.26. The van der Waals surface area contributed by atoms with Crippen LogP contribution in [0.4, 0.5) is 0 Å². The molecule has 1 amide bonds. The molecular weight excluding hydrogens is 398 g/mol. The fourth-order valence-electron chi connectivity index (χ4n) is 3.78. The zero-order chi connectivity index (χ0) is 21.3. The van der Waals surface area contributed by atoms with E-state index in [0.29, 0.717) is 11.6 Å². The molecule has 0 saturated heterocycles. The van der Waals surface area contributed by atoms with Gasteiger partial charge in [-0.05, 0) is 57.2 Å². The molecule has 0 aliphatic rings. The average Bonchev–Trinajstić information content (AvgIpc) is 3.24. The number of carbonyl (C=O) groups is 1. The largest absolute Gasteiger partial charge is 0.349 e. The van der Waals surface area contributed by atoms with E-state index in [9.17, 15) is 4.79 Å². The van der Waals surface area contributed by atoms with Gasteiger partial charge in [-0.1, -0.05) is 23.7 Å². The summed E-state index contributed by atoms with van der Waals surface area (Å²) in [4.78, 5) is 17.4. The molecule has 0 bridgehead atoms. The Morgan fingerprint density at radius 3 is 2.57 bits per heavy atom. The second-order valence-electron chi connectivity index (χ2n) is 7.25. The van der Waals surface area contributed by atoms with E-state index in [4.69, 9.17) is 11.6 Å². The van der Waals surface area contributed by atoms with Crippen molar-refractivity contribution < 1.29 is 4.79 Å². The first kappa shape index (κ1) is 20.2. The third-order valence-electron chi connectivity index (χ3n) is 5.34. The van der Waals surface area contributed by atoms with E-state index in [1.165, 1.54) is 0 Å². The zero-order valence-corrected chi connectivity index (χ0v) is 18.1. The molecule has 0 radical (unpaired) electrons. The smallest absolute Gasteiger partial charge is 0.224 e. The first-order valence-corrected chi connectivity index (χ1v) is 10.4. The van der Waals surface area contributed by atoms with Crippen LogP contribution in [-0.2, 0) is 24.3 Å². The summed E-state index contributed by atoms with van der Waals surface area (Å²) in [6.45, 7) is 7.19. The lowest BCUT2D eigenvalue weighted by atomic mass is 10.1. The van der Waals surface area contributed by atoms with Crippen LogP contribution in [0.1, 0.15) is 29.7 Å². The topological polar surface area (TPSA) is 64.7 Å². The Morgan fingerprint density at radius 2 is 1.83 bits per heavy atom. The number of amides is 1. The maximum Gasteiger partial charge on any atom is 0.224 e. The standard InChI is InChI=1S/C23H24ClN5O/c1-4-28-21-8-6-5-7-20(21)26-22(28)14-25-23(30)13-19-15(2)27-29(16(19)3)18-11-9-17(24)10-12-18/h5-12H,4,13-14H2,1-3H3,(H,25,30). The maximum absolute atomic E-state index is 12.7. The SMILES string of the molecule is CCn1c(CNC(=O)Cc2c(C)nn(-c3ccc(Cl)cc3)c2C)nc2ccccc21. The van der Waals surface area contributed by atoms with Crippen molar-refractivity contribution in [2.45, 2.75) is 40.3 Å². The van der Waals surface area contributed by atoms with Crippen molar-refractivity contribution in [3.8, 4) is 5.69 Å². The highest BCUT2D eigenvalue weighted by molar-refractivity contribution is 6.30. The van der Waals surface area contributed by atoms with Gasteiger partial charge in [0.05, 0.1) is 35.4 Å². The van der Waals surface area contributed by atoms with Crippen LogP contribution in [0.5, 0.6) is 0 Å². The summed E-state index contributed by atoms with van der Waals surface area (Å²) in [6.07, 6.45) is 0.275. The molecule has 4 aromatic rings. The molecule has 0 aliphatic heterocycles. The minimum atomic E-state index is -0.0495. The third kappa shape index (κ3) is 3.83. The second-order valence-corrected chi connectivity index (χ2v) is 7.69. The third-order valence-corrected chi connectivity index (χ3v) is 5.60. The molecule has 0 atom stereocenters. The quantitative estimate of drug-likeness (QED) is 0.502. The van der Waals surface area contributed by atoms with Gasteiger partial charge in [-0.3, -0.25) is 4.79 Å². The van der Waals surface area contributed by atoms with Gasteiger partial charge in [0.25, 0.3) is 0 Å². The van der Waals surface area contributed by atoms with E-state index >= 15 is 0 Å². The van der Waals surface area contributed by atoms with Crippen molar-refractivity contribution in [1.29, 1.82) is 0 Å². The minimum Gasteiger partial charge on any atom is -0.349 e. The summed E-state index contributed by atoms with van der Waals surface area (Å²) in [6, 6.07) is 15.5. The number of imidazole rings is 1. The number of hydrogen-bond acceptors (Lipinski definition) is 3. The minimum absolute atomic E-state index is 0.0495. The summed E-state index contributed by atoms with van der Waals surface area (Å²) in [5, 5.41) is 8.31. The van der Waals surface area contributed by atoms with Crippen LogP contribution in [-0.4, -0.2) is 25.2 Å². The number of rotatable bonds is 6. The first-order chi connectivity index (χ1) is 14.5. The van der Waals surface area contributed by atoms with Crippen LogP contribution >= 0.6 is 11.6 Å². The number of carbonyl (C=O) groups excluding carboxylic acids is 1. The Morgan fingerprint density at radius 1 is 1.10 bits per heavy atom. The number of aromatic nitrogens is 4. The Bertz CT molecular complexity index is 1210. The van der Waals surface area contributed by atoms with Gasteiger partial charge in [-0.2, -0.15) is 5.10 Å². The van der Waals surface area contributed by atoms with Crippen molar-refractivity contribution in [2.75, 3.05) is 0 Å². The molecule has 0 spiro atoms. The van der Waals surface area contributed by atoms with Gasteiger partial charge in [0.2, 0.25) is 5.91 Å². The predicted molar refractivity (Wildman–Crippen MR) is 119 cm³/mol. The summed E-state index contributed by atoms with van der Waals surface area (Å²) >= 11 is 5.99. The van der Waals surface area contributed by atoms with Gasteiger partial charge in [0, 0.05) is 22.8 Å². The number of nitrogens with one attached hydrogen (secondary N) is 1. The van der Waals surface area contributed by atoms with Gasteiger partial charge in [-0.15, -0.1) is 0 Å². The highest BCUT2D eigenvalue weighted by atomic mass is 35.5. The van der Waals surface area contributed by atoms with E-state index < -0.39 is 0 Å². The van der Waals surface area contributed by atoms with Crippen molar-refractivity contribution >= 4 is 28.5 Å². The highest BCUT2D eigenvalue weighted by Gasteiger charge is 2.17. The van der Waals surface area contributed by atoms with E-state index in [0.717, 1.165) is 46.0 Å². The predicted octanol–water partition coefficient (Wildman–Crippen LogP) is 4.37. The van der Waals surface area contributed by atoms with Crippen LogP contribution < -0.4 is 5.32 Å². The van der Waals surface area contributed by atoms with Crippen LogP contribution in [0, 0.1) is 13.8 Å². The maximum atomic E-state index is 12.7.